The monoisotopic (exact) mass is 359 g/mol. The minimum atomic E-state index is -0.549. The first kappa shape index (κ1) is 20.1. The summed E-state index contributed by atoms with van der Waals surface area (Å²) in [6, 6.07) is 3.04. The zero-order chi connectivity index (χ0) is 19.3. The van der Waals surface area contributed by atoms with Gasteiger partial charge in [0, 0.05) is 31.9 Å². The van der Waals surface area contributed by atoms with Gasteiger partial charge in [-0.25, -0.2) is 0 Å². The highest BCUT2D eigenvalue weighted by molar-refractivity contribution is 6.09. The molecule has 0 fully saturated rings. The van der Waals surface area contributed by atoms with Crippen LogP contribution in [0.3, 0.4) is 0 Å². The lowest BCUT2D eigenvalue weighted by Gasteiger charge is -2.29. The SMILES string of the molecule is CCN(CC)CCN1C(=O)C(O)=C(C(=O)CC(C)C)C1c1ccncc1. The number of hydrogen-bond acceptors (Lipinski definition) is 5. The molecule has 0 bridgehead atoms. The molecule has 1 amide bonds. The molecule has 1 N–H and O–H groups in total. The van der Waals surface area contributed by atoms with Crippen LogP contribution in [0.25, 0.3) is 0 Å². The highest BCUT2D eigenvalue weighted by Crippen LogP contribution is 2.38. The van der Waals surface area contributed by atoms with Crippen LogP contribution in [-0.4, -0.2) is 57.8 Å². The molecular weight excluding hydrogens is 330 g/mol. The molecule has 1 aliphatic heterocycles. The van der Waals surface area contributed by atoms with Crippen molar-refractivity contribution in [2.24, 2.45) is 5.92 Å². The summed E-state index contributed by atoms with van der Waals surface area (Å²) in [5.74, 6) is -0.887. The Balaban J connectivity index is 2.36. The second-order valence-electron chi connectivity index (χ2n) is 6.99. The van der Waals surface area contributed by atoms with Crippen LogP contribution in [0.15, 0.2) is 35.9 Å². The number of carbonyl (C=O) groups excluding carboxylic acids is 2. The van der Waals surface area contributed by atoms with Crippen LogP contribution >= 0.6 is 0 Å². The lowest BCUT2D eigenvalue weighted by atomic mass is 9.92. The van der Waals surface area contributed by atoms with Gasteiger partial charge in [0.1, 0.15) is 0 Å². The quantitative estimate of drug-likeness (QED) is 0.734. The van der Waals surface area contributed by atoms with Crippen LogP contribution < -0.4 is 0 Å². The number of hydrogen-bond donors (Lipinski definition) is 1. The molecule has 1 aromatic heterocycles. The van der Waals surface area contributed by atoms with Crippen molar-refractivity contribution in [1.82, 2.24) is 14.8 Å². The molecule has 0 spiro atoms. The number of pyridine rings is 1. The largest absolute Gasteiger partial charge is 0.503 e. The Labute approximate surface area is 155 Å². The van der Waals surface area contributed by atoms with Crippen molar-refractivity contribution in [3.8, 4) is 0 Å². The Hall–Kier alpha value is -2.21. The third kappa shape index (κ3) is 4.30. The van der Waals surface area contributed by atoms with Crippen molar-refractivity contribution >= 4 is 11.7 Å². The summed E-state index contributed by atoms with van der Waals surface area (Å²) in [5, 5.41) is 10.5. The van der Waals surface area contributed by atoms with E-state index in [2.05, 4.69) is 23.7 Å². The lowest BCUT2D eigenvalue weighted by Crippen LogP contribution is -2.38. The van der Waals surface area contributed by atoms with E-state index >= 15 is 0 Å². The number of carbonyl (C=O) groups is 2. The molecule has 0 radical (unpaired) electrons. The number of amides is 1. The van der Waals surface area contributed by atoms with Gasteiger partial charge in [0.05, 0.1) is 11.6 Å². The van der Waals surface area contributed by atoms with Gasteiger partial charge in [-0.2, -0.15) is 0 Å². The molecule has 26 heavy (non-hydrogen) atoms. The van der Waals surface area contributed by atoms with Crippen molar-refractivity contribution < 1.29 is 14.7 Å². The highest BCUT2D eigenvalue weighted by Gasteiger charge is 2.43. The molecule has 2 heterocycles. The zero-order valence-electron chi connectivity index (χ0n) is 16.1. The van der Waals surface area contributed by atoms with E-state index in [0.717, 1.165) is 18.7 Å². The molecule has 1 aliphatic rings. The number of aliphatic hydroxyl groups excluding tert-OH is 1. The van der Waals surface area contributed by atoms with Crippen molar-refractivity contribution in [2.75, 3.05) is 26.2 Å². The van der Waals surface area contributed by atoms with Gasteiger partial charge in [-0.15, -0.1) is 0 Å². The Morgan fingerprint density at radius 2 is 1.88 bits per heavy atom. The number of likely N-dealkylation sites (N-methyl/N-ethyl adjacent to an activating group) is 1. The zero-order valence-corrected chi connectivity index (χ0v) is 16.1. The van der Waals surface area contributed by atoms with E-state index in [1.165, 1.54) is 0 Å². The van der Waals surface area contributed by atoms with Gasteiger partial charge in [-0.1, -0.05) is 27.7 Å². The third-order valence-corrected chi connectivity index (χ3v) is 4.77. The van der Waals surface area contributed by atoms with Crippen LogP contribution in [0.1, 0.15) is 45.7 Å². The number of nitrogens with zero attached hydrogens (tertiary/aromatic N) is 3. The summed E-state index contributed by atoms with van der Waals surface area (Å²) in [7, 11) is 0. The van der Waals surface area contributed by atoms with Gasteiger partial charge in [0.15, 0.2) is 11.5 Å². The first-order valence-electron chi connectivity index (χ1n) is 9.30. The molecule has 2 rings (SSSR count). The first-order valence-corrected chi connectivity index (χ1v) is 9.30. The summed E-state index contributed by atoms with van der Waals surface area (Å²) >= 11 is 0. The molecule has 0 saturated heterocycles. The van der Waals surface area contributed by atoms with Gasteiger partial charge < -0.3 is 14.9 Å². The molecule has 1 unspecified atom stereocenters. The molecule has 1 aromatic rings. The van der Waals surface area contributed by atoms with Crippen LogP contribution in [0.5, 0.6) is 0 Å². The number of rotatable bonds is 9. The van der Waals surface area contributed by atoms with Crippen molar-refractivity contribution in [1.29, 1.82) is 0 Å². The van der Waals surface area contributed by atoms with E-state index in [9.17, 15) is 14.7 Å². The Morgan fingerprint density at radius 1 is 1.27 bits per heavy atom. The Morgan fingerprint density at radius 3 is 2.42 bits per heavy atom. The second kappa shape index (κ2) is 8.94. The molecular formula is C20H29N3O3. The summed E-state index contributed by atoms with van der Waals surface area (Å²) in [6.07, 6.45) is 3.59. The number of ketones is 1. The minimum absolute atomic E-state index is 0.153. The molecule has 6 nitrogen and oxygen atoms in total. The van der Waals surface area contributed by atoms with Crippen molar-refractivity contribution in [3.05, 3.63) is 41.4 Å². The standard InChI is InChI=1S/C20H29N3O3/c1-5-22(6-2)11-12-23-18(15-7-9-21-10-8-15)17(19(25)20(23)26)16(24)13-14(3)4/h7-10,14,18,25H,5-6,11-13H2,1-4H3. The van der Waals surface area contributed by atoms with E-state index in [4.69, 9.17) is 0 Å². The predicted octanol–water partition coefficient (Wildman–Crippen LogP) is 2.73. The summed E-state index contributed by atoms with van der Waals surface area (Å²) in [5.41, 5.74) is 1.01. The average Bonchev–Trinajstić information content (AvgIpc) is 2.87. The number of aliphatic hydroxyl groups is 1. The Kier molecular flexibility index (Phi) is 6.91. The maximum atomic E-state index is 12.8. The minimum Gasteiger partial charge on any atom is -0.503 e. The average molecular weight is 359 g/mol. The maximum Gasteiger partial charge on any atom is 0.290 e. The molecule has 0 aromatic carbocycles. The van der Waals surface area contributed by atoms with Gasteiger partial charge in [-0.3, -0.25) is 14.6 Å². The van der Waals surface area contributed by atoms with Crippen LogP contribution in [0.4, 0.5) is 0 Å². The lowest BCUT2D eigenvalue weighted by molar-refractivity contribution is -0.129. The van der Waals surface area contributed by atoms with E-state index in [-0.39, 0.29) is 17.3 Å². The van der Waals surface area contributed by atoms with E-state index in [1.54, 1.807) is 29.4 Å². The van der Waals surface area contributed by atoms with Crippen molar-refractivity contribution in [2.45, 2.75) is 40.2 Å². The van der Waals surface area contributed by atoms with E-state index < -0.39 is 17.7 Å². The Bertz CT molecular complexity index is 666. The third-order valence-electron chi connectivity index (χ3n) is 4.77. The van der Waals surface area contributed by atoms with Gasteiger partial charge in [0.2, 0.25) is 0 Å². The maximum absolute atomic E-state index is 12.8. The van der Waals surface area contributed by atoms with E-state index in [1.807, 2.05) is 13.8 Å². The topological polar surface area (TPSA) is 73.7 Å². The normalized spacial score (nSPS) is 17.7. The molecule has 0 saturated carbocycles. The summed E-state index contributed by atoms with van der Waals surface area (Å²) in [6.45, 7) is 11.0. The van der Waals surface area contributed by atoms with Crippen LogP contribution in [0.2, 0.25) is 0 Å². The summed E-state index contributed by atoms with van der Waals surface area (Å²) in [4.78, 5) is 33.3. The predicted molar refractivity (Wildman–Crippen MR) is 101 cm³/mol. The fourth-order valence-corrected chi connectivity index (χ4v) is 3.33. The second-order valence-corrected chi connectivity index (χ2v) is 6.99. The fourth-order valence-electron chi connectivity index (χ4n) is 3.33. The molecule has 6 heteroatoms. The van der Waals surface area contributed by atoms with Crippen LogP contribution in [-0.2, 0) is 9.59 Å². The van der Waals surface area contributed by atoms with Gasteiger partial charge in [-0.05, 0) is 36.7 Å². The van der Waals surface area contributed by atoms with E-state index in [0.29, 0.717) is 19.5 Å². The smallest absolute Gasteiger partial charge is 0.290 e. The van der Waals surface area contributed by atoms with Gasteiger partial charge in [0.25, 0.3) is 5.91 Å². The summed E-state index contributed by atoms with van der Waals surface area (Å²) < 4.78 is 0. The molecule has 1 atom stereocenters. The number of Topliss-reactive ketones (excluding diaryl/α,β-unsaturated/α-hetero) is 1. The highest BCUT2D eigenvalue weighted by atomic mass is 16.3. The fraction of sp³-hybridized carbons (Fsp3) is 0.550. The molecule has 0 aliphatic carbocycles. The van der Waals surface area contributed by atoms with Crippen LogP contribution in [0, 0.1) is 5.92 Å². The number of aromatic nitrogens is 1. The molecule has 142 valence electrons. The van der Waals surface area contributed by atoms with Gasteiger partial charge >= 0.3 is 0 Å². The van der Waals surface area contributed by atoms with Crippen molar-refractivity contribution in [3.63, 3.8) is 0 Å². The first-order chi connectivity index (χ1) is 12.4.